The van der Waals surface area contributed by atoms with Gasteiger partial charge in [0.2, 0.25) is 5.91 Å². The van der Waals surface area contributed by atoms with Crippen LogP contribution < -0.4 is 10.1 Å². The third-order valence-electron chi connectivity index (χ3n) is 6.72. The van der Waals surface area contributed by atoms with Crippen molar-refractivity contribution in [3.05, 3.63) is 78.9 Å². The van der Waals surface area contributed by atoms with Crippen LogP contribution in [0.25, 0.3) is 55.7 Å². The number of carbonyl (C=O) groups is 1. The molecule has 0 aliphatic heterocycles. The number of aromatic nitrogens is 5. The molecule has 40 heavy (non-hydrogen) atoms. The summed E-state index contributed by atoms with van der Waals surface area (Å²) in [6.07, 6.45) is 3.33. The number of fused-ring (bicyclic) bond motifs is 2. The minimum Gasteiger partial charge on any atom is -0.497 e. The number of rotatable bonds is 5. The van der Waals surface area contributed by atoms with Gasteiger partial charge < -0.3 is 15.0 Å². The Morgan fingerprint density at radius 3 is 2.62 bits per heavy atom. The molecule has 0 saturated carbocycles. The fourth-order valence-electron chi connectivity index (χ4n) is 4.59. The highest BCUT2D eigenvalue weighted by Gasteiger charge is 2.21. The Bertz CT molecular complexity index is 1900. The molecule has 4 heterocycles. The second-order valence-electron chi connectivity index (χ2n) is 10.7. The Labute approximate surface area is 229 Å². The summed E-state index contributed by atoms with van der Waals surface area (Å²) in [5.41, 5.74) is 6.87. The first-order chi connectivity index (χ1) is 19.2. The summed E-state index contributed by atoms with van der Waals surface area (Å²) in [4.78, 5) is 25.1. The van der Waals surface area contributed by atoms with Gasteiger partial charge in [-0.25, -0.2) is 9.37 Å². The first-order valence-corrected chi connectivity index (χ1v) is 12.8. The Balaban J connectivity index is 1.40. The van der Waals surface area contributed by atoms with Gasteiger partial charge in [0.05, 0.1) is 35.9 Å². The van der Waals surface area contributed by atoms with Crippen LogP contribution in [0.1, 0.15) is 20.8 Å². The lowest BCUT2D eigenvalue weighted by atomic mass is 9.95. The highest BCUT2D eigenvalue weighted by Crippen LogP contribution is 2.35. The lowest BCUT2D eigenvalue weighted by Gasteiger charge is -2.17. The van der Waals surface area contributed by atoms with Crippen LogP contribution in [0.15, 0.2) is 73.1 Å². The molecule has 9 heteroatoms. The molecule has 1 amide bonds. The fraction of sp³-hybridized carbons (Fsp3) is 0.161. The zero-order chi connectivity index (χ0) is 28.0. The zero-order valence-corrected chi connectivity index (χ0v) is 22.5. The van der Waals surface area contributed by atoms with Crippen LogP contribution >= 0.6 is 0 Å². The zero-order valence-electron chi connectivity index (χ0n) is 22.5. The lowest BCUT2D eigenvalue weighted by Crippen LogP contribution is -2.27. The van der Waals surface area contributed by atoms with E-state index in [2.05, 4.69) is 25.5 Å². The molecule has 3 N–H and O–H groups in total. The van der Waals surface area contributed by atoms with Crippen molar-refractivity contribution in [3.8, 4) is 39.5 Å². The maximum absolute atomic E-state index is 14.3. The van der Waals surface area contributed by atoms with Crippen molar-refractivity contribution in [1.82, 2.24) is 25.1 Å². The molecule has 0 unspecified atom stereocenters. The summed E-state index contributed by atoms with van der Waals surface area (Å²) in [6, 6.07) is 18.2. The van der Waals surface area contributed by atoms with Gasteiger partial charge in [0.1, 0.15) is 22.8 Å². The molecular weight excluding hydrogens is 507 g/mol. The molecular formula is C31H27FN6O2. The van der Waals surface area contributed by atoms with Gasteiger partial charge in [0.25, 0.3) is 0 Å². The molecule has 0 saturated heterocycles. The molecule has 0 spiro atoms. The van der Waals surface area contributed by atoms with Gasteiger partial charge in [-0.15, -0.1) is 0 Å². The largest absolute Gasteiger partial charge is 0.497 e. The van der Waals surface area contributed by atoms with Crippen molar-refractivity contribution in [3.63, 3.8) is 0 Å². The van der Waals surface area contributed by atoms with Crippen molar-refractivity contribution in [1.29, 1.82) is 0 Å². The molecule has 8 nitrogen and oxygen atoms in total. The van der Waals surface area contributed by atoms with E-state index in [-0.39, 0.29) is 11.7 Å². The van der Waals surface area contributed by atoms with E-state index in [0.29, 0.717) is 33.9 Å². The van der Waals surface area contributed by atoms with E-state index in [1.807, 2.05) is 69.3 Å². The van der Waals surface area contributed by atoms with Gasteiger partial charge in [-0.05, 0) is 53.6 Å². The van der Waals surface area contributed by atoms with E-state index in [0.717, 1.165) is 33.2 Å². The van der Waals surface area contributed by atoms with Crippen LogP contribution in [-0.2, 0) is 4.79 Å². The van der Waals surface area contributed by atoms with E-state index < -0.39 is 5.41 Å². The monoisotopic (exact) mass is 534 g/mol. The average Bonchev–Trinajstić information content (AvgIpc) is 3.56. The van der Waals surface area contributed by atoms with Crippen LogP contribution in [-0.4, -0.2) is 38.2 Å². The van der Waals surface area contributed by atoms with Crippen LogP contribution in [0.3, 0.4) is 0 Å². The maximum Gasteiger partial charge on any atom is 0.229 e. The predicted molar refractivity (Wildman–Crippen MR) is 154 cm³/mol. The number of nitrogens with zero attached hydrogens (tertiary/aromatic N) is 3. The molecule has 200 valence electrons. The van der Waals surface area contributed by atoms with Crippen molar-refractivity contribution >= 4 is 33.5 Å². The van der Waals surface area contributed by atoms with Gasteiger partial charge in [0.15, 0.2) is 0 Å². The van der Waals surface area contributed by atoms with Crippen LogP contribution in [0.5, 0.6) is 5.75 Å². The second-order valence-corrected chi connectivity index (χ2v) is 10.7. The third-order valence-corrected chi connectivity index (χ3v) is 6.72. The normalized spacial score (nSPS) is 11.7. The number of ether oxygens (including phenoxy) is 1. The molecule has 0 aliphatic carbocycles. The van der Waals surface area contributed by atoms with E-state index in [9.17, 15) is 9.18 Å². The standard InChI is InChI=1S/C31H27FN6O2/c1-31(2,3)30(39)34-20-11-18(15-33-16-20)24-8-9-26-28(36-24)29(38-37-26)27-14-23-22(6-5-7-25(23)35-27)17-10-19(32)13-21(12-17)40-4/h5-16,35H,1-4H3,(H,34,39)(H,37,38). The quantitative estimate of drug-likeness (QED) is 0.221. The van der Waals surface area contributed by atoms with Crippen LogP contribution in [0, 0.1) is 11.2 Å². The fourth-order valence-corrected chi connectivity index (χ4v) is 4.59. The first-order valence-electron chi connectivity index (χ1n) is 12.8. The van der Waals surface area contributed by atoms with Crippen molar-refractivity contribution < 1.29 is 13.9 Å². The molecule has 0 aliphatic rings. The summed E-state index contributed by atoms with van der Waals surface area (Å²) >= 11 is 0. The third kappa shape index (κ3) is 4.66. The van der Waals surface area contributed by atoms with Crippen molar-refractivity contribution in [2.75, 3.05) is 12.4 Å². The summed E-state index contributed by atoms with van der Waals surface area (Å²) in [5.74, 6) is -0.00941. The number of pyridine rings is 2. The number of H-pyrrole nitrogens is 2. The highest BCUT2D eigenvalue weighted by molar-refractivity contribution is 6.01. The Morgan fingerprint density at radius 1 is 0.975 bits per heavy atom. The van der Waals surface area contributed by atoms with E-state index >= 15 is 0 Å². The summed E-state index contributed by atoms with van der Waals surface area (Å²) in [5, 5.41) is 11.5. The summed E-state index contributed by atoms with van der Waals surface area (Å²) in [7, 11) is 1.52. The number of methoxy groups -OCH3 is 1. The van der Waals surface area contributed by atoms with E-state index in [1.165, 1.54) is 19.2 Å². The van der Waals surface area contributed by atoms with E-state index in [4.69, 9.17) is 9.72 Å². The SMILES string of the molecule is COc1cc(F)cc(-c2cccc3[nH]c(-c4n[nH]c5ccc(-c6cncc(NC(=O)C(C)(C)C)c6)nc45)cc23)c1. The molecule has 6 rings (SSSR count). The first kappa shape index (κ1) is 25.2. The Kier molecular flexibility index (Phi) is 6.06. The lowest BCUT2D eigenvalue weighted by molar-refractivity contribution is -0.123. The average molecular weight is 535 g/mol. The second kappa shape index (κ2) is 9.60. The molecule has 0 atom stereocenters. The topological polar surface area (TPSA) is 109 Å². The number of hydrogen-bond acceptors (Lipinski definition) is 5. The minimum atomic E-state index is -0.529. The summed E-state index contributed by atoms with van der Waals surface area (Å²) < 4.78 is 19.6. The molecule has 4 aromatic heterocycles. The molecule has 6 aromatic rings. The molecule has 0 bridgehead atoms. The number of benzene rings is 2. The maximum atomic E-state index is 14.3. The number of hydrogen-bond donors (Lipinski definition) is 3. The Morgan fingerprint density at radius 2 is 1.82 bits per heavy atom. The van der Waals surface area contributed by atoms with E-state index in [1.54, 1.807) is 12.4 Å². The predicted octanol–water partition coefficient (Wildman–Crippen LogP) is 6.97. The minimum absolute atomic E-state index is 0.0955. The number of amides is 1. The smallest absolute Gasteiger partial charge is 0.229 e. The van der Waals surface area contributed by atoms with Gasteiger partial charge in [-0.1, -0.05) is 32.9 Å². The number of carbonyl (C=O) groups excluding carboxylic acids is 1. The van der Waals surface area contributed by atoms with Crippen molar-refractivity contribution in [2.24, 2.45) is 5.41 Å². The number of aromatic amines is 2. The van der Waals surface area contributed by atoms with Gasteiger partial charge >= 0.3 is 0 Å². The number of anilines is 1. The highest BCUT2D eigenvalue weighted by atomic mass is 19.1. The van der Waals surface area contributed by atoms with Crippen molar-refractivity contribution in [2.45, 2.75) is 20.8 Å². The molecule has 0 radical (unpaired) electrons. The molecule has 0 fully saturated rings. The van der Waals surface area contributed by atoms with Gasteiger partial charge in [0, 0.05) is 34.1 Å². The Hall–Kier alpha value is -5.05. The molecule has 2 aromatic carbocycles. The number of halogens is 1. The van der Waals surface area contributed by atoms with Gasteiger partial charge in [-0.3, -0.25) is 14.9 Å². The van der Waals surface area contributed by atoms with Crippen LogP contribution in [0.2, 0.25) is 0 Å². The van der Waals surface area contributed by atoms with Gasteiger partial charge in [-0.2, -0.15) is 5.10 Å². The van der Waals surface area contributed by atoms with Crippen LogP contribution in [0.4, 0.5) is 10.1 Å². The summed E-state index contributed by atoms with van der Waals surface area (Å²) in [6.45, 7) is 5.58. The number of nitrogens with one attached hydrogen (secondary N) is 3.